The molecule has 0 spiro atoms. The third-order valence-electron chi connectivity index (χ3n) is 6.57. The zero-order valence-corrected chi connectivity index (χ0v) is 26.0. The lowest BCUT2D eigenvalue weighted by atomic mass is 9.97. The lowest BCUT2D eigenvalue weighted by molar-refractivity contribution is -0.162. The number of rotatable bonds is 12. The molecule has 1 aliphatic carbocycles. The Morgan fingerprint density at radius 3 is 1.68 bits per heavy atom. The molecular formula is C32H41N3O9. The van der Waals surface area contributed by atoms with Gasteiger partial charge in [0.1, 0.15) is 17.8 Å². The second-order valence-corrected chi connectivity index (χ2v) is 12.7. The van der Waals surface area contributed by atoms with Gasteiger partial charge in [0, 0.05) is 5.92 Å². The molecule has 44 heavy (non-hydrogen) atoms. The SMILES string of the molecule is CC(C)(C)OC(=O)CN(CC(=O)NC[C@](N)(C(=O)O)C(=O)OCC1c2ccccc2-c2ccccc21)CC(=O)OC(C)(C)C. The van der Waals surface area contributed by atoms with Crippen molar-refractivity contribution < 1.29 is 43.3 Å². The molecule has 0 aliphatic heterocycles. The number of aliphatic carboxylic acids is 1. The fraction of sp³-hybridized carbons (Fsp3) is 0.469. The summed E-state index contributed by atoms with van der Waals surface area (Å²) in [5.41, 5.74) is 5.63. The predicted molar refractivity (Wildman–Crippen MR) is 160 cm³/mol. The van der Waals surface area contributed by atoms with E-state index < -0.39 is 72.7 Å². The average Bonchev–Trinajstić information content (AvgIpc) is 3.21. The van der Waals surface area contributed by atoms with Crippen LogP contribution >= 0.6 is 0 Å². The van der Waals surface area contributed by atoms with E-state index in [-0.39, 0.29) is 12.5 Å². The molecule has 2 aromatic carbocycles. The van der Waals surface area contributed by atoms with Crippen molar-refractivity contribution in [2.75, 3.05) is 32.8 Å². The Labute approximate surface area is 256 Å². The summed E-state index contributed by atoms with van der Waals surface area (Å²) in [6.07, 6.45) is 0. The monoisotopic (exact) mass is 611 g/mol. The summed E-state index contributed by atoms with van der Waals surface area (Å²) in [4.78, 5) is 64.1. The van der Waals surface area contributed by atoms with Gasteiger partial charge in [-0.25, -0.2) is 9.59 Å². The summed E-state index contributed by atoms with van der Waals surface area (Å²) < 4.78 is 16.0. The summed E-state index contributed by atoms with van der Waals surface area (Å²) in [5.74, 6) is -5.42. The minimum absolute atomic E-state index is 0.160. The number of carbonyl (C=O) groups is 5. The van der Waals surface area contributed by atoms with Crippen LogP contribution in [0.2, 0.25) is 0 Å². The molecule has 0 radical (unpaired) electrons. The van der Waals surface area contributed by atoms with Crippen molar-refractivity contribution in [1.82, 2.24) is 10.2 Å². The Balaban J connectivity index is 1.66. The van der Waals surface area contributed by atoms with E-state index in [0.29, 0.717) is 0 Å². The quantitative estimate of drug-likeness (QED) is 0.182. The summed E-state index contributed by atoms with van der Waals surface area (Å²) in [6, 6.07) is 15.3. The fourth-order valence-corrected chi connectivity index (χ4v) is 4.74. The van der Waals surface area contributed by atoms with Crippen LogP contribution < -0.4 is 11.1 Å². The molecule has 2 aromatic rings. The first kappa shape index (κ1) is 34.2. The van der Waals surface area contributed by atoms with E-state index in [1.807, 2.05) is 48.5 Å². The molecule has 4 N–H and O–H groups in total. The summed E-state index contributed by atoms with van der Waals surface area (Å²) in [7, 11) is 0. The number of esters is 3. The maximum atomic E-state index is 13.1. The van der Waals surface area contributed by atoms with Crippen LogP contribution in [0, 0.1) is 0 Å². The first-order valence-electron chi connectivity index (χ1n) is 14.2. The minimum atomic E-state index is -2.60. The second kappa shape index (κ2) is 13.6. The van der Waals surface area contributed by atoms with E-state index in [4.69, 9.17) is 19.9 Å². The van der Waals surface area contributed by atoms with Crippen LogP contribution in [0.3, 0.4) is 0 Å². The number of carboxylic acid groups (broad SMARTS) is 1. The van der Waals surface area contributed by atoms with Gasteiger partial charge in [-0.1, -0.05) is 48.5 Å². The van der Waals surface area contributed by atoms with Gasteiger partial charge in [0.15, 0.2) is 0 Å². The highest BCUT2D eigenvalue weighted by Gasteiger charge is 2.45. The molecule has 238 valence electrons. The van der Waals surface area contributed by atoms with E-state index in [2.05, 4.69) is 5.32 Å². The summed E-state index contributed by atoms with van der Waals surface area (Å²) in [6.45, 7) is 7.70. The molecule has 0 bridgehead atoms. The van der Waals surface area contributed by atoms with Crippen molar-refractivity contribution >= 4 is 29.8 Å². The Morgan fingerprint density at radius 1 is 0.795 bits per heavy atom. The van der Waals surface area contributed by atoms with Crippen molar-refractivity contribution in [3.05, 3.63) is 59.7 Å². The van der Waals surface area contributed by atoms with Gasteiger partial charge in [-0.05, 0) is 63.8 Å². The number of carbonyl (C=O) groups excluding carboxylic acids is 4. The van der Waals surface area contributed by atoms with Gasteiger partial charge in [0.05, 0.1) is 26.2 Å². The van der Waals surface area contributed by atoms with Crippen LogP contribution in [0.5, 0.6) is 0 Å². The lowest BCUT2D eigenvalue weighted by Crippen LogP contribution is -2.63. The number of nitrogens with zero attached hydrogens (tertiary/aromatic N) is 1. The second-order valence-electron chi connectivity index (χ2n) is 12.7. The topological polar surface area (TPSA) is 175 Å². The molecule has 3 rings (SSSR count). The number of carboxylic acids is 1. The molecule has 0 saturated carbocycles. The molecule has 0 heterocycles. The van der Waals surface area contributed by atoms with Gasteiger partial charge in [0.2, 0.25) is 11.4 Å². The van der Waals surface area contributed by atoms with E-state index in [0.717, 1.165) is 22.3 Å². The molecule has 0 unspecified atom stereocenters. The van der Waals surface area contributed by atoms with Crippen LogP contribution in [-0.4, -0.2) is 89.3 Å². The maximum Gasteiger partial charge on any atom is 0.339 e. The smallest absolute Gasteiger partial charge is 0.339 e. The summed E-state index contributed by atoms with van der Waals surface area (Å²) >= 11 is 0. The molecular weight excluding hydrogens is 570 g/mol. The maximum absolute atomic E-state index is 13.1. The van der Waals surface area contributed by atoms with Gasteiger partial charge in [-0.3, -0.25) is 19.3 Å². The minimum Gasteiger partial charge on any atom is -0.479 e. The number of hydrogen-bond acceptors (Lipinski definition) is 10. The van der Waals surface area contributed by atoms with Gasteiger partial charge >= 0.3 is 23.9 Å². The van der Waals surface area contributed by atoms with E-state index in [1.54, 1.807) is 41.5 Å². The zero-order valence-electron chi connectivity index (χ0n) is 26.0. The normalized spacial score (nSPS) is 14.2. The molecule has 0 fully saturated rings. The molecule has 1 atom stereocenters. The van der Waals surface area contributed by atoms with Crippen molar-refractivity contribution in [2.45, 2.75) is 64.2 Å². The highest BCUT2D eigenvalue weighted by atomic mass is 16.6. The Bertz CT molecular complexity index is 1330. The Morgan fingerprint density at radius 2 is 1.25 bits per heavy atom. The Kier molecular flexibility index (Phi) is 10.5. The average molecular weight is 612 g/mol. The van der Waals surface area contributed by atoms with Crippen molar-refractivity contribution in [2.24, 2.45) is 5.73 Å². The van der Waals surface area contributed by atoms with E-state index >= 15 is 0 Å². The summed E-state index contributed by atoms with van der Waals surface area (Å²) in [5, 5.41) is 12.2. The number of benzene rings is 2. The number of hydrogen-bond donors (Lipinski definition) is 3. The van der Waals surface area contributed by atoms with Crippen LogP contribution in [0.4, 0.5) is 0 Å². The number of nitrogens with two attached hydrogens (primary N) is 1. The van der Waals surface area contributed by atoms with Gasteiger partial charge in [-0.15, -0.1) is 0 Å². The van der Waals surface area contributed by atoms with Crippen molar-refractivity contribution in [3.63, 3.8) is 0 Å². The van der Waals surface area contributed by atoms with Crippen molar-refractivity contribution in [3.8, 4) is 11.1 Å². The molecule has 1 amide bonds. The first-order valence-corrected chi connectivity index (χ1v) is 14.2. The van der Waals surface area contributed by atoms with Crippen LogP contribution in [0.25, 0.3) is 11.1 Å². The van der Waals surface area contributed by atoms with Crippen LogP contribution in [0.1, 0.15) is 58.6 Å². The van der Waals surface area contributed by atoms with Gasteiger partial charge in [0.25, 0.3) is 0 Å². The first-order chi connectivity index (χ1) is 20.4. The molecule has 0 saturated heterocycles. The largest absolute Gasteiger partial charge is 0.479 e. The molecule has 1 aliphatic rings. The number of fused-ring (bicyclic) bond motifs is 3. The number of nitrogens with one attached hydrogen (secondary N) is 1. The molecule has 12 nitrogen and oxygen atoms in total. The Hall–Kier alpha value is -4.29. The third kappa shape index (κ3) is 9.10. The third-order valence-corrected chi connectivity index (χ3v) is 6.57. The van der Waals surface area contributed by atoms with Gasteiger partial charge in [-0.2, -0.15) is 0 Å². The van der Waals surface area contributed by atoms with Crippen LogP contribution in [0.15, 0.2) is 48.5 Å². The van der Waals surface area contributed by atoms with E-state index in [1.165, 1.54) is 4.90 Å². The molecule has 12 heteroatoms. The predicted octanol–water partition coefficient (Wildman–Crippen LogP) is 2.23. The fourth-order valence-electron chi connectivity index (χ4n) is 4.74. The number of amides is 1. The highest BCUT2D eigenvalue weighted by Crippen LogP contribution is 2.44. The molecule has 0 aromatic heterocycles. The van der Waals surface area contributed by atoms with Crippen LogP contribution in [-0.2, 0) is 38.2 Å². The lowest BCUT2D eigenvalue weighted by Gasteiger charge is -2.27. The highest BCUT2D eigenvalue weighted by molar-refractivity contribution is 6.04. The standard InChI is InChI=1S/C32H41N3O9/c1-30(2,3)43-26(37)16-35(17-27(38)44-31(4,5)6)15-25(36)34-19-32(33,28(39)40)29(41)42-18-24-22-13-9-7-11-20(22)21-12-8-10-14-23(21)24/h7-14,24H,15-19,33H2,1-6H3,(H,34,36)(H,39,40)/t32-/m0/s1. The van der Waals surface area contributed by atoms with E-state index in [9.17, 15) is 29.1 Å². The van der Waals surface area contributed by atoms with Gasteiger partial charge < -0.3 is 30.4 Å². The number of ether oxygens (including phenoxy) is 3. The van der Waals surface area contributed by atoms with Crippen molar-refractivity contribution in [1.29, 1.82) is 0 Å². The zero-order chi connectivity index (χ0) is 32.9.